The number of sulfonamides is 1. The molecule has 0 aliphatic heterocycles. The summed E-state index contributed by atoms with van der Waals surface area (Å²) in [6.07, 6.45) is -3.54. The summed E-state index contributed by atoms with van der Waals surface area (Å²) in [4.78, 5) is -0.524. The fourth-order valence-corrected chi connectivity index (χ4v) is 3.26. The SMILES string of the molecule is CC(C)CCC(C)NS(=O)(=O)c1ccccc1OC(F)(F)F. The minimum absolute atomic E-state index is 0.383. The van der Waals surface area contributed by atoms with Gasteiger partial charge in [-0.05, 0) is 37.8 Å². The first-order valence-electron chi connectivity index (χ1n) is 6.88. The highest BCUT2D eigenvalue weighted by Gasteiger charge is 2.34. The maximum absolute atomic E-state index is 12.3. The van der Waals surface area contributed by atoms with E-state index in [2.05, 4.69) is 9.46 Å². The molecule has 0 heterocycles. The lowest BCUT2D eigenvalue weighted by Gasteiger charge is -2.17. The zero-order valence-corrected chi connectivity index (χ0v) is 13.5. The second kappa shape index (κ2) is 7.32. The minimum Gasteiger partial charge on any atom is -0.404 e. The molecule has 0 saturated heterocycles. The molecule has 1 rings (SSSR count). The van der Waals surface area contributed by atoms with Crippen LogP contribution in [-0.2, 0) is 10.0 Å². The molecule has 0 amide bonds. The average molecular weight is 339 g/mol. The summed E-state index contributed by atoms with van der Waals surface area (Å²) in [7, 11) is -4.09. The van der Waals surface area contributed by atoms with E-state index in [1.165, 1.54) is 12.1 Å². The van der Waals surface area contributed by atoms with Crippen LogP contribution >= 0.6 is 0 Å². The van der Waals surface area contributed by atoms with Gasteiger partial charge in [0.15, 0.2) is 0 Å². The third-order valence-electron chi connectivity index (χ3n) is 2.90. The lowest BCUT2D eigenvalue weighted by Crippen LogP contribution is -2.33. The molecule has 0 fully saturated rings. The first kappa shape index (κ1) is 18.8. The van der Waals surface area contributed by atoms with Gasteiger partial charge >= 0.3 is 6.36 Å². The van der Waals surface area contributed by atoms with E-state index < -0.39 is 27.0 Å². The van der Waals surface area contributed by atoms with Crippen LogP contribution in [0.1, 0.15) is 33.6 Å². The van der Waals surface area contributed by atoms with Gasteiger partial charge < -0.3 is 4.74 Å². The maximum Gasteiger partial charge on any atom is 0.573 e. The van der Waals surface area contributed by atoms with Crippen molar-refractivity contribution in [3.05, 3.63) is 24.3 Å². The highest BCUT2D eigenvalue weighted by atomic mass is 32.2. The van der Waals surface area contributed by atoms with Crippen LogP contribution < -0.4 is 9.46 Å². The number of benzene rings is 1. The standard InChI is InChI=1S/C14H20F3NO3S/c1-10(2)8-9-11(3)18-22(19,20)13-7-5-4-6-12(13)21-14(15,16)17/h4-7,10-11,18H,8-9H2,1-3H3. The summed E-state index contributed by atoms with van der Waals surface area (Å²) in [5.41, 5.74) is 0. The number of para-hydroxylation sites is 1. The molecule has 8 heteroatoms. The van der Waals surface area contributed by atoms with Crippen LogP contribution in [0.4, 0.5) is 13.2 Å². The van der Waals surface area contributed by atoms with Crippen molar-refractivity contribution in [1.29, 1.82) is 0 Å². The number of ether oxygens (including phenoxy) is 1. The first-order valence-corrected chi connectivity index (χ1v) is 8.36. The van der Waals surface area contributed by atoms with Crippen molar-refractivity contribution in [1.82, 2.24) is 4.72 Å². The van der Waals surface area contributed by atoms with E-state index in [0.717, 1.165) is 18.6 Å². The largest absolute Gasteiger partial charge is 0.573 e. The summed E-state index contributed by atoms with van der Waals surface area (Å²) in [6, 6.07) is 4.30. The van der Waals surface area contributed by atoms with Gasteiger partial charge in [0.05, 0.1) is 0 Å². The van der Waals surface area contributed by atoms with Crippen molar-refractivity contribution >= 4 is 10.0 Å². The van der Waals surface area contributed by atoms with Gasteiger partial charge in [0.1, 0.15) is 10.6 Å². The van der Waals surface area contributed by atoms with E-state index in [0.29, 0.717) is 12.3 Å². The van der Waals surface area contributed by atoms with Gasteiger partial charge in [0.25, 0.3) is 0 Å². The number of alkyl halides is 3. The highest BCUT2D eigenvalue weighted by molar-refractivity contribution is 7.89. The van der Waals surface area contributed by atoms with Crippen LogP contribution in [0.3, 0.4) is 0 Å². The van der Waals surface area contributed by atoms with Gasteiger partial charge in [0, 0.05) is 6.04 Å². The summed E-state index contributed by atoms with van der Waals surface area (Å²) in [5, 5.41) is 0. The highest BCUT2D eigenvalue weighted by Crippen LogP contribution is 2.29. The average Bonchev–Trinajstić information content (AvgIpc) is 2.34. The second-order valence-corrected chi connectivity index (χ2v) is 7.17. The lowest BCUT2D eigenvalue weighted by atomic mass is 10.1. The van der Waals surface area contributed by atoms with Gasteiger partial charge in [0.2, 0.25) is 10.0 Å². The summed E-state index contributed by atoms with van der Waals surface area (Å²) < 4.78 is 67.7. The van der Waals surface area contributed by atoms with Crippen molar-refractivity contribution in [2.45, 2.75) is 50.9 Å². The molecule has 1 N–H and O–H groups in total. The van der Waals surface area contributed by atoms with E-state index in [4.69, 9.17) is 0 Å². The van der Waals surface area contributed by atoms with Gasteiger partial charge in [-0.25, -0.2) is 13.1 Å². The Morgan fingerprint density at radius 2 is 1.73 bits per heavy atom. The number of hydrogen-bond donors (Lipinski definition) is 1. The molecule has 0 aliphatic carbocycles. The van der Waals surface area contributed by atoms with Crippen molar-refractivity contribution in [3.63, 3.8) is 0 Å². The molecule has 4 nitrogen and oxygen atoms in total. The Morgan fingerprint density at radius 1 is 1.14 bits per heavy atom. The third kappa shape index (κ3) is 6.23. The molecule has 126 valence electrons. The molecule has 22 heavy (non-hydrogen) atoms. The predicted octanol–water partition coefficient (Wildman–Crippen LogP) is 3.69. The van der Waals surface area contributed by atoms with Crippen LogP contribution in [0.5, 0.6) is 5.75 Å². The first-order chi connectivity index (χ1) is 10.0. The van der Waals surface area contributed by atoms with Crippen LogP contribution in [0, 0.1) is 5.92 Å². The number of halogens is 3. The van der Waals surface area contributed by atoms with Crippen LogP contribution in [0.15, 0.2) is 29.2 Å². The monoisotopic (exact) mass is 339 g/mol. The van der Waals surface area contributed by atoms with Gasteiger partial charge in [-0.1, -0.05) is 26.0 Å². The zero-order chi connectivity index (χ0) is 17.0. The molecule has 0 spiro atoms. The second-order valence-electron chi connectivity index (χ2n) is 5.49. The molecule has 0 aromatic heterocycles. The molecule has 1 atom stereocenters. The van der Waals surface area contributed by atoms with Crippen molar-refractivity contribution < 1.29 is 26.3 Å². The normalized spacial score (nSPS) is 14.1. The van der Waals surface area contributed by atoms with Crippen LogP contribution in [0.2, 0.25) is 0 Å². The van der Waals surface area contributed by atoms with E-state index in [9.17, 15) is 21.6 Å². The van der Waals surface area contributed by atoms with E-state index in [-0.39, 0.29) is 6.04 Å². The predicted molar refractivity (Wildman–Crippen MR) is 77.0 cm³/mol. The topological polar surface area (TPSA) is 55.4 Å². The van der Waals surface area contributed by atoms with Crippen LogP contribution in [0.25, 0.3) is 0 Å². The Labute approximate surface area is 128 Å². The Bertz CT molecular complexity index is 585. The van der Waals surface area contributed by atoms with E-state index in [1.54, 1.807) is 6.92 Å². The Hall–Kier alpha value is -1.28. The third-order valence-corrected chi connectivity index (χ3v) is 4.53. The molecule has 1 aromatic carbocycles. The molecule has 0 saturated carbocycles. The van der Waals surface area contributed by atoms with Gasteiger partial charge in [-0.2, -0.15) is 0 Å². The summed E-state index contributed by atoms with van der Waals surface area (Å²) >= 11 is 0. The van der Waals surface area contributed by atoms with Crippen molar-refractivity contribution in [3.8, 4) is 5.75 Å². The van der Waals surface area contributed by atoms with E-state index >= 15 is 0 Å². The van der Waals surface area contributed by atoms with E-state index in [1.807, 2.05) is 13.8 Å². The Morgan fingerprint density at radius 3 is 2.27 bits per heavy atom. The molecule has 1 aromatic rings. The molecule has 1 unspecified atom stereocenters. The zero-order valence-electron chi connectivity index (χ0n) is 12.6. The molecule has 0 aliphatic rings. The van der Waals surface area contributed by atoms with Crippen LogP contribution in [-0.4, -0.2) is 20.8 Å². The molecule has 0 radical (unpaired) electrons. The number of hydrogen-bond acceptors (Lipinski definition) is 3. The smallest absolute Gasteiger partial charge is 0.404 e. The fraction of sp³-hybridized carbons (Fsp3) is 0.571. The van der Waals surface area contributed by atoms with Crippen molar-refractivity contribution in [2.75, 3.05) is 0 Å². The van der Waals surface area contributed by atoms with Gasteiger partial charge in [-0.15, -0.1) is 13.2 Å². The Kier molecular flexibility index (Phi) is 6.25. The fourth-order valence-electron chi connectivity index (χ4n) is 1.85. The maximum atomic E-state index is 12.3. The van der Waals surface area contributed by atoms with Gasteiger partial charge in [-0.3, -0.25) is 0 Å². The molecular weight excluding hydrogens is 319 g/mol. The Balaban J connectivity index is 2.93. The summed E-state index contributed by atoms with van der Waals surface area (Å²) in [5.74, 6) is -0.327. The lowest BCUT2D eigenvalue weighted by molar-refractivity contribution is -0.275. The quantitative estimate of drug-likeness (QED) is 0.824. The number of nitrogens with one attached hydrogen (secondary N) is 1. The van der Waals surface area contributed by atoms with Crippen molar-refractivity contribution in [2.24, 2.45) is 5.92 Å². The summed E-state index contributed by atoms with van der Waals surface area (Å²) in [6.45, 7) is 5.69. The minimum atomic E-state index is -4.95. The molecular formula is C14H20F3NO3S. The number of rotatable bonds is 7. The molecule has 0 bridgehead atoms.